The van der Waals surface area contributed by atoms with Crippen LogP contribution >= 0.6 is 0 Å². The number of aryl methyl sites for hydroxylation is 2. The van der Waals surface area contributed by atoms with Crippen LogP contribution in [0.3, 0.4) is 0 Å². The first kappa shape index (κ1) is 12.0. The first-order chi connectivity index (χ1) is 8.76. The van der Waals surface area contributed by atoms with Gasteiger partial charge in [-0.05, 0) is 54.7 Å². The monoisotopic (exact) mass is 242 g/mol. The van der Waals surface area contributed by atoms with Crippen molar-refractivity contribution in [1.82, 2.24) is 0 Å². The highest BCUT2D eigenvalue weighted by Crippen LogP contribution is 2.58. The first-order valence-electron chi connectivity index (χ1n) is 7.42. The Bertz CT molecular complexity index is 464. The molecule has 0 radical (unpaired) electrons. The number of Topliss-reactive ketones (excluding diaryl/α,β-unsaturated/α-hetero) is 1. The molecular weight excluding hydrogens is 220 g/mol. The molecule has 2 aliphatic rings. The van der Waals surface area contributed by atoms with Crippen molar-refractivity contribution in [2.24, 2.45) is 17.8 Å². The minimum atomic E-state index is 0.371. The average molecular weight is 242 g/mol. The molecule has 0 heterocycles. The number of ketones is 1. The molecule has 0 aliphatic heterocycles. The van der Waals surface area contributed by atoms with E-state index >= 15 is 0 Å². The topological polar surface area (TPSA) is 17.1 Å². The largest absolute Gasteiger partial charge is 0.294 e. The number of rotatable bonds is 4. The van der Waals surface area contributed by atoms with Crippen molar-refractivity contribution in [3.05, 3.63) is 34.9 Å². The van der Waals surface area contributed by atoms with Gasteiger partial charge in [0.1, 0.15) is 0 Å². The van der Waals surface area contributed by atoms with Crippen LogP contribution in [-0.4, -0.2) is 5.78 Å². The van der Waals surface area contributed by atoms with Crippen LogP contribution in [-0.2, 0) is 12.8 Å². The van der Waals surface area contributed by atoms with Gasteiger partial charge in [0.2, 0.25) is 0 Å². The molecule has 0 bridgehead atoms. The molecule has 18 heavy (non-hydrogen) atoms. The molecular formula is C17H22O. The van der Waals surface area contributed by atoms with E-state index in [1.54, 1.807) is 0 Å². The van der Waals surface area contributed by atoms with Crippen molar-refractivity contribution in [2.75, 3.05) is 0 Å². The Morgan fingerprint density at radius 2 is 1.89 bits per heavy atom. The molecule has 96 valence electrons. The lowest BCUT2D eigenvalue weighted by Gasteiger charge is -2.10. The minimum absolute atomic E-state index is 0.371. The van der Waals surface area contributed by atoms with Crippen molar-refractivity contribution in [3.63, 3.8) is 0 Å². The third-order valence-corrected chi connectivity index (χ3v) is 4.94. The smallest absolute Gasteiger partial charge is 0.166 e. The summed E-state index contributed by atoms with van der Waals surface area (Å²) < 4.78 is 0. The fourth-order valence-electron chi connectivity index (χ4n) is 3.77. The lowest BCUT2D eigenvalue weighted by Crippen LogP contribution is -2.10. The zero-order chi connectivity index (χ0) is 12.7. The molecule has 0 saturated heterocycles. The lowest BCUT2D eigenvalue weighted by atomic mass is 9.93. The van der Waals surface area contributed by atoms with E-state index in [1.807, 2.05) is 0 Å². The second-order valence-electron chi connectivity index (χ2n) is 5.85. The van der Waals surface area contributed by atoms with Crippen LogP contribution in [0, 0.1) is 17.8 Å². The van der Waals surface area contributed by atoms with E-state index in [9.17, 15) is 4.79 Å². The van der Waals surface area contributed by atoms with Crippen molar-refractivity contribution in [2.45, 2.75) is 46.0 Å². The molecule has 2 saturated carbocycles. The van der Waals surface area contributed by atoms with Crippen molar-refractivity contribution < 1.29 is 4.79 Å². The quantitative estimate of drug-likeness (QED) is 0.728. The first-order valence-corrected chi connectivity index (χ1v) is 7.42. The summed E-state index contributed by atoms with van der Waals surface area (Å²) in [6.45, 7) is 4.30. The molecule has 0 aromatic heterocycles. The number of carbonyl (C=O) groups is 1. The summed E-state index contributed by atoms with van der Waals surface area (Å²) in [7, 11) is 0. The second kappa shape index (κ2) is 4.53. The summed E-state index contributed by atoms with van der Waals surface area (Å²) in [4.78, 5) is 12.7. The highest BCUT2D eigenvalue weighted by molar-refractivity contribution is 6.01. The van der Waals surface area contributed by atoms with Crippen molar-refractivity contribution in [1.29, 1.82) is 0 Å². The van der Waals surface area contributed by atoms with E-state index in [0.717, 1.165) is 30.2 Å². The third kappa shape index (κ3) is 1.81. The zero-order valence-electron chi connectivity index (χ0n) is 11.4. The molecule has 0 amide bonds. The van der Waals surface area contributed by atoms with E-state index in [2.05, 4.69) is 32.0 Å². The molecule has 2 fully saturated rings. The van der Waals surface area contributed by atoms with Gasteiger partial charge in [-0.25, -0.2) is 0 Å². The van der Waals surface area contributed by atoms with Crippen LogP contribution < -0.4 is 0 Å². The Labute approximate surface area is 110 Å². The predicted molar refractivity (Wildman–Crippen MR) is 73.8 cm³/mol. The van der Waals surface area contributed by atoms with Gasteiger partial charge >= 0.3 is 0 Å². The molecule has 1 aromatic carbocycles. The van der Waals surface area contributed by atoms with Gasteiger partial charge in [0.15, 0.2) is 5.78 Å². The van der Waals surface area contributed by atoms with Gasteiger partial charge in [-0.15, -0.1) is 0 Å². The molecule has 1 nitrogen and oxygen atoms in total. The van der Waals surface area contributed by atoms with Gasteiger partial charge in [-0.1, -0.05) is 32.4 Å². The molecule has 1 heteroatoms. The maximum absolute atomic E-state index is 12.7. The fraction of sp³-hybridized carbons (Fsp3) is 0.588. The molecule has 0 spiro atoms. The van der Waals surface area contributed by atoms with Gasteiger partial charge in [0.25, 0.3) is 0 Å². The van der Waals surface area contributed by atoms with Crippen LogP contribution in [0.15, 0.2) is 18.2 Å². The summed E-state index contributed by atoms with van der Waals surface area (Å²) in [6.07, 6.45) is 5.90. The minimum Gasteiger partial charge on any atom is -0.294 e. The van der Waals surface area contributed by atoms with Crippen LogP contribution in [0.4, 0.5) is 0 Å². The van der Waals surface area contributed by atoms with Gasteiger partial charge < -0.3 is 0 Å². The highest BCUT2D eigenvalue weighted by Gasteiger charge is 2.56. The number of carbonyl (C=O) groups excluding carboxylic acids is 1. The van der Waals surface area contributed by atoms with E-state index in [1.165, 1.54) is 30.4 Å². The SMILES string of the molecule is CCc1ccc(CC)c(C(=O)C2C3CCCC32)c1. The molecule has 2 aliphatic carbocycles. The summed E-state index contributed by atoms with van der Waals surface area (Å²) in [6, 6.07) is 6.47. The number of fused-ring (bicyclic) bond motifs is 1. The van der Waals surface area contributed by atoms with E-state index < -0.39 is 0 Å². The van der Waals surface area contributed by atoms with E-state index in [4.69, 9.17) is 0 Å². The van der Waals surface area contributed by atoms with E-state index in [-0.39, 0.29) is 0 Å². The lowest BCUT2D eigenvalue weighted by molar-refractivity contribution is 0.0950. The number of hydrogen-bond donors (Lipinski definition) is 0. The predicted octanol–water partition coefficient (Wildman–Crippen LogP) is 4.04. The maximum Gasteiger partial charge on any atom is 0.166 e. The van der Waals surface area contributed by atoms with Crippen LogP contribution in [0.25, 0.3) is 0 Å². The third-order valence-electron chi connectivity index (χ3n) is 4.94. The molecule has 1 aromatic rings. The van der Waals surface area contributed by atoms with Crippen LogP contribution in [0.1, 0.15) is 54.6 Å². The molecule has 2 atom stereocenters. The zero-order valence-corrected chi connectivity index (χ0v) is 11.4. The standard InChI is InChI=1S/C17H22O/c1-3-11-8-9-12(4-2)15(10-11)17(18)16-13-6-5-7-14(13)16/h8-10,13-14,16H,3-7H2,1-2H3. The molecule has 3 rings (SSSR count). The second-order valence-corrected chi connectivity index (χ2v) is 5.85. The normalized spacial score (nSPS) is 29.1. The Kier molecular flexibility index (Phi) is 3.01. The number of hydrogen-bond acceptors (Lipinski definition) is 1. The Hall–Kier alpha value is -1.11. The Morgan fingerprint density at radius 3 is 2.50 bits per heavy atom. The van der Waals surface area contributed by atoms with Crippen LogP contribution in [0.2, 0.25) is 0 Å². The van der Waals surface area contributed by atoms with Crippen molar-refractivity contribution >= 4 is 5.78 Å². The fourth-order valence-corrected chi connectivity index (χ4v) is 3.77. The van der Waals surface area contributed by atoms with Gasteiger partial charge in [-0.3, -0.25) is 4.79 Å². The Balaban J connectivity index is 1.88. The number of benzene rings is 1. The summed E-state index contributed by atoms with van der Waals surface area (Å²) >= 11 is 0. The maximum atomic E-state index is 12.7. The van der Waals surface area contributed by atoms with E-state index in [0.29, 0.717) is 11.7 Å². The average Bonchev–Trinajstić information content (AvgIpc) is 2.89. The Morgan fingerprint density at radius 1 is 1.17 bits per heavy atom. The summed E-state index contributed by atoms with van der Waals surface area (Å²) in [5.41, 5.74) is 3.56. The summed E-state index contributed by atoms with van der Waals surface area (Å²) in [5, 5.41) is 0. The van der Waals surface area contributed by atoms with Crippen molar-refractivity contribution in [3.8, 4) is 0 Å². The van der Waals surface area contributed by atoms with Gasteiger partial charge in [0, 0.05) is 11.5 Å². The van der Waals surface area contributed by atoms with Crippen LogP contribution in [0.5, 0.6) is 0 Å². The van der Waals surface area contributed by atoms with Gasteiger partial charge in [0.05, 0.1) is 0 Å². The van der Waals surface area contributed by atoms with Gasteiger partial charge in [-0.2, -0.15) is 0 Å². The highest BCUT2D eigenvalue weighted by atomic mass is 16.1. The molecule has 2 unspecified atom stereocenters. The molecule has 0 N–H and O–H groups in total. The summed E-state index contributed by atoms with van der Waals surface area (Å²) in [5.74, 6) is 2.27.